The van der Waals surface area contributed by atoms with Crippen LogP contribution in [0, 0.1) is 5.92 Å². The summed E-state index contributed by atoms with van der Waals surface area (Å²) in [5, 5.41) is 0.923. The average molecular weight is 600 g/mol. The van der Waals surface area contributed by atoms with E-state index in [0.717, 1.165) is 16.9 Å². The lowest BCUT2D eigenvalue weighted by Crippen LogP contribution is -2.32. The van der Waals surface area contributed by atoms with Crippen LogP contribution < -0.4 is 19.2 Å². The van der Waals surface area contributed by atoms with E-state index in [1.54, 1.807) is 61.7 Å². The number of H-pyrrole nitrogens is 1. The number of aromatic nitrogens is 1. The van der Waals surface area contributed by atoms with Gasteiger partial charge in [0.1, 0.15) is 23.4 Å². The molecule has 198 valence electrons. The topological polar surface area (TPSA) is 88.7 Å². The Labute approximate surface area is 241 Å². The highest BCUT2D eigenvalue weighted by molar-refractivity contribution is 8.00. The summed E-state index contributed by atoms with van der Waals surface area (Å²) in [6, 6.07) is 19.3. The van der Waals surface area contributed by atoms with E-state index in [4.69, 9.17) is 32.7 Å². The number of rotatable bonds is 6. The highest BCUT2D eigenvalue weighted by Crippen LogP contribution is 2.54. The second-order valence-electron chi connectivity index (χ2n) is 9.06. The molecule has 6 rings (SSSR count). The molecule has 1 aromatic heterocycles. The van der Waals surface area contributed by atoms with Gasteiger partial charge in [-0.3, -0.25) is 14.4 Å². The summed E-state index contributed by atoms with van der Waals surface area (Å²) in [4.78, 5) is 44.6. The molecule has 1 fully saturated rings. The van der Waals surface area contributed by atoms with Crippen molar-refractivity contribution in [3.05, 3.63) is 102 Å². The summed E-state index contributed by atoms with van der Waals surface area (Å²) in [6.07, 6.45) is 0. The number of halogens is 2. The molecule has 4 aromatic rings. The molecule has 0 spiro atoms. The number of fused-ring (bicyclic) bond motifs is 2. The van der Waals surface area contributed by atoms with Crippen molar-refractivity contribution in [3.8, 4) is 11.5 Å². The maximum atomic E-state index is 14.0. The van der Waals surface area contributed by atoms with Crippen LogP contribution in [0.1, 0.15) is 21.9 Å². The number of benzene rings is 3. The van der Waals surface area contributed by atoms with Crippen molar-refractivity contribution in [2.75, 3.05) is 12.0 Å². The Bertz CT molecular complexity index is 1640. The zero-order chi connectivity index (χ0) is 27.3. The zero-order valence-corrected chi connectivity index (χ0v) is 23.5. The molecule has 2 aliphatic heterocycles. The number of nitrogens with one attached hydrogen (secondary N) is 1. The van der Waals surface area contributed by atoms with Crippen LogP contribution in [-0.4, -0.2) is 29.2 Å². The van der Waals surface area contributed by atoms with E-state index in [1.165, 1.54) is 16.7 Å². The number of thioether (sulfide) groups is 1. The molecule has 0 aliphatic carbocycles. The van der Waals surface area contributed by atoms with Gasteiger partial charge in [-0.15, -0.1) is 0 Å². The first-order valence-corrected chi connectivity index (χ1v) is 14.4. The Hall–Kier alpha value is -3.24. The van der Waals surface area contributed by atoms with Gasteiger partial charge < -0.3 is 14.5 Å². The number of hydrogen-bond acceptors (Lipinski definition) is 7. The highest BCUT2D eigenvalue weighted by Gasteiger charge is 2.56. The molecule has 7 nitrogen and oxygen atoms in total. The molecule has 3 unspecified atom stereocenters. The van der Waals surface area contributed by atoms with Gasteiger partial charge in [-0.1, -0.05) is 58.4 Å². The van der Waals surface area contributed by atoms with E-state index in [-0.39, 0.29) is 23.3 Å². The second kappa shape index (κ2) is 10.4. The van der Waals surface area contributed by atoms with Crippen LogP contribution in [-0.2, 0) is 16.2 Å². The molecule has 0 saturated carbocycles. The van der Waals surface area contributed by atoms with Crippen molar-refractivity contribution >= 4 is 63.8 Å². The van der Waals surface area contributed by atoms with Gasteiger partial charge in [0.15, 0.2) is 0 Å². The minimum Gasteiger partial charge on any atom is -0.497 e. The zero-order valence-electron chi connectivity index (χ0n) is 20.4. The quantitative estimate of drug-likeness (QED) is 0.269. The fourth-order valence-electron chi connectivity index (χ4n) is 4.97. The van der Waals surface area contributed by atoms with E-state index < -0.39 is 17.1 Å². The number of amides is 2. The molecule has 39 heavy (non-hydrogen) atoms. The van der Waals surface area contributed by atoms with Crippen molar-refractivity contribution < 1.29 is 19.1 Å². The monoisotopic (exact) mass is 598 g/mol. The van der Waals surface area contributed by atoms with Gasteiger partial charge >= 0.3 is 4.87 Å². The first-order chi connectivity index (χ1) is 18.8. The number of methoxy groups -OCH3 is 1. The average Bonchev–Trinajstić information content (AvgIpc) is 3.43. The van der Waals surface area contributed by atoms with E-state index in [2.05, 4.69) is 4.98 Å². The Kier molecular flexibility index (Phi) is 6.93. The SMILES string of the molecule is COc1ccc(N2C(=O)C3Sc4[nH]c(=O)sc4C(c4cc(Cl)ccc4OCc4ccc(Cl)cc4)C3C2=O)cc1. The van der Waals surface area contributed by atoms with Gasteiger partial charge in [-0.25, -0.2) is 4.90 Å². The van der Waals surface area contributed by atoms with E-state index in [0.29, 0.717) is 42.7 Å². The van der Waals surface area contributed by atoms with E-state index >= 15 is 0 Å². The number of thiazole rings is 1. The van der Waals surface area contributed by atoms with Crippen LogP contribution in [0.4, 0.5) is 5.69 Å². The van der Waals surface area contributed by atoms with Crippen molar-refractivity contribution in [2.45, 2.75) is 22.8 Å². The van der Waals surface area contributed by atoms with Crippen LogP contribution in [0.5, 0.6) is 11.5 Å². The number of hydrogen-bond donors (Lipinski definition) is 1. The molecule has 0 bridgehead atoms. The van der Waals surface area contributed by atoms with Crippen LogP contribution in [0.15, 0.2) is 76.6 Å². The normalized spacial score (nSPS) is 20.1. The molecule has 3 heterocycles. The first-order valence-electron chi connectivity index (χ1n) is 11.9. The number of aromatic amines is 1. The number of carbonyl (C=O) groups excluding carboxylic acids is 2. The van der Waals surface area contributed by atoms with Gasteiger partial charge in [0.25, 0.3) is 0 Å². The molecular weight excluding hydrogens is 579 g/mol. The standard InChI is InChI=1S/C28H20Cl2N2O5S2/c1-36-18-9-7-17(8-10-18)32-26(33)22-21(23-25(31-28(35)39-23)38-24(22)27(32)34)19-12-16(30)6-11-20(19)37-13-14-2-4-15(29)5-3-14/h2-12,21-22,24H,13H2,1H3,(H,31,35). The molecule has 3 atom stereocenters. The van der Waals surface area contributed by atoms with Gasteiger partial charge in [-0.05, 0) is 60.2 Å². The minimum absolute atomic E-state index is 0.252. The smallest absolute Gasteiger partial charge is 0.305 e. The van der Waals surface area contributed by atoms with Crippen LogP contribution in [0.3, 0.4) is 0 Å². The maximum Gasteiger partial charge on any atom is 0.305 e. The number of carbonyl (C=O) groups is 2. The van der Waals surface area contributed by atoms with Crippen LogP contribution in [0.2, 0.25) is 10.0 Å². The molecule has 1 saturated heterocycles. The van der Waals surface area contributed by atoms with Crippen molar-refractivity contribution in [1.29, 1.82) is 0 Å². The second-order valence-corrected chi connectivity index (χ2v) is 12.1. The van der Waals surface area contributed by atoms with Gasteiger partial charge in [0.05, 0.1) is 23.7 Å². The fraction of sp³-hybridized carbons (Fsp3) is 0.179. The third-order valence-electron chi connectivity index (χ3n) is 6.77. The Morgan fingerprint density at radius 3 is 2.36 bits per heavy atom. The number of nitrogens with zero attached hydrogens (tertiary/aromatic N) is 1. The maximum absolute atomic E-state index is 14.0. The molecule has 2 amide bonds. The van der Waals surface area contributed by atoms with E-state index in [9.17, 15) is 14.4 Å². The van der Waals surface area contributed by atoms with Gasteiger partial charge in [0, 0.05) is 26.4 Å². The molecule has 11 heteroatoms. The van der Waals surface area contributed by atoms with Crippen molar-refractivity contribution in [3.63, 3.8) is 0 Å². The summed E-state index contributed by atoms with van der Waals surface area (Å²) in [6.45, 7) is 0.252. The predicted molar refractivity (Wildman–Crippen MR) is 153 cm³/mol. The highest BCUT2D eigenvalue weighted by atomic mass is 35.5. The van der Waals surface area contributed by atoms with Crippen LogP contribution >= 0.6 is 46.3 Å². The minimum atomic E-state index is -0.764. The Balaban J connectivity index is 1.43. The number of anilines is 1. The third-order valence-corrected chi connectivity index (χ3v) is 9.66. The summed E-state index contributed by atoms with van der Waals surface area (Å²) >= 11 is 14.7. The van der Waals surface area contributed by atoms with Gasteiger partial charge in [0.2, 0.25) is 11.8 Å². The fourth-order valence-corrected chi connectivity index (χ4v) is 7.79. The molecule has 2 aliphatic rings. The molecule has 3 aromatic carbocycles. The Morgan fingerprint density at radius 1 is 0.923 bits per heavy atom. The predicted octanol–water partition coefficient (Wildman–Crippen LogP) is 6.13. The number of ether oxygens (including phenoxy) is 2. The molecule has 1 N–H and O–H groups in total. The molecule has 0 radical (unpaired) electrons. The Morgan fingerprint density at radius 2 is 1.64 bits per heavy atom. The molecular formula is C28H20Cl2N2O5S2. The van der Waals surface area contributed by atoms with Crippen molar-refractivity contribution in [1.82, 2.24) is 4.98 Å². The first kappa shape index (κ1) is 26.0. The number of imide groups is 1. The summed E-state index contributed by atoms with van der Waals surface area (Å²) in [5.74, 6) is -0.936. The lowest BCUT2D eigenvalue weighted by Gasteiger charge is -2.31. The summed E-state index contributed by atoms with van der Waals surface area (Å²) < 4.78 is 11.5. The van der Waals surface area contributed by atoms with Gasteiger partial charge in [-0.2, -0.15) is 0 Å². The van der Waals surface area contributed by atoms with Crippen molar-refractivity contribution in [2.24, 2.45) is 5.92 Å². The van der Waals surface area contributed by atoms with E-state index in [1.807, 2.05) is 12.1 Å². The third kappa shape index (κ3) is 4.74. The summed E-state index contributed by atoms with van der Waals surface area (Å²) in [7, 11) is 1.55. The largest absolute Gasteiger partial charge is 0.497 e. The van der Waals surface area contributed by atoms with Crippen LogP contribution in [0.25, 0.3) is 0 Å². The lowest BCUT2D eigenvalue weighted by molar-refractivity contribution is -0.122. The summed E-state index contributed by atoms with van der Waals surface area (Å²) in [5.41, 5.74) is 2.00. The lowest BCUT2D eigenvalue weighted by atomic mass is 9.82.